The molecule has 1 spiro atoms. The average Bonchev–Trinajstić information content (AvgIpc) is 3.81. The highest BCUT2D eigenvalue weighted by atomic mass is 15.0. The summed E-state index contributed by atoms with van der Waals surface area (Å²) in [6.07, 6.45) is 0. The van der Waals surface area contributed by atoms with E-state index in [9.17, 15) is 0 Å². The van der Waals surface area contributed by atoms with Crippen molar-refractivity contribution in [3.8, 4) is 55.6 Å². The molecule has 0 N–H and O–H groups in total. The van der Waals surface area contributed by atoms with Gasteiger partial charge in [-0.3, -0.25) is 4.99 Å². The molecular formula is C60H40N2. The van der Waals surface area contributed by atoms with Crippen molar-refractivity contribution in [2.45, 2.75) is 11.5 Å². The van der Waals surface area contributed by atoms with Crippen LogP contribution in [-0.2, 0) is 5.41 Å². The van der Waals surface area contributed by atoms with Crippen LogP contribution in [0.5, 0.6) is 0 Å². The minimum Gasteiger partial charge on any atom is -0.253 e. The zero-order valence-electron chi connectivity index (χ0n) is 34.0. The lowest BCUT2D eigenvalue weighted by Gasteiger charge is -2.31. The number of hydrogen-bond donors (Lipinski definition) is 0. The van der Waals surface area contributed by atoms with Crippen molar-refractivity contribution in [2.75, 3.05) is 0 Å². The summed E-state index contributed by atoms with van der Waals surface area (Å²) in [4.78, 5) is 10.4. The van der Waals surface area contributed by atoms with Crippen molar-refractivity contribution >= 4 is 11.5 Å². The highest BCUT2D eigenvalue weighted by Crippen LogP contribution is 2.63. The van der Waals surface area contributed by atoms with Crippen LogP contribution < -0.4 is 0 Å². The lowest BCUT2D eigenvalue weighted by Crippen LogP contribution is -2.25. The Kier molecular flexibility index (Phi) is 8.33. The van der Waals surface area contributed by atoms with Gasteiger partial charge in [-0.25, -0.2) is 4.99 Å². The number of rotatable bonds is 6. The Bertz CT molecular complexity index is 3220. The van der Waals surface area contributed by atoms with Gasteiger partial charge in [-0.1, -0.05) is 219 Å². The van der Waals surface area contributed by atoms with Gasteiger partial charge in [-0.15, -0.1) is 0 Å². The number of hydrogen-bond acceptors (Lipinski definition) is 2. The maximum Gasteiger partial charge on any atom is 0.156 e. The molecule has 1 aliphatic heterocycles. The molecule has 1 unspecified atom stereocenters. The maximum absolute atomic E-state index is 5.27. The Morgan fingerprint density at radius 1 is 0.339 bits per heavy atom. The third-order valence-electron chi connectivity index (χ3n) is 13.2. The van der Waals surface area contributed by atoms with Gasteiger partial charge in [0, 0.05) is 16.7 Å². The van der Waals surface area contributed by atoms with E-state index in [1.807, 2.05) is 24.3 Å². The molecule has 0 fully saturated rings. The van der Waals surface area contributed by atoms with Crippen LogP contribution in [0.25, 0.3) is 55.6 Å². The van der Waals surface area contributed by atoms with Gasteiger partial charge in [0.15, 0.2) is 5.84 Å². The normalized spacial score (nSPS) is 15.3. The van der Waals surface area contributed by atoms with Crippen LogP contribution in [0.4, 0.5) is 0 Å². The van der Waals surface area contributed by atoms with E-state index in [1.54, 1.807) is 0 Å². The largest absolute Gasteiger partial charge is 0.253 e. The average molecular weight is 789 g/mol. The molecule has 1 heterocycles. The van der Waals surface area contributed by atoms with E-state index in [4.69, 9.17) is 9.98 Å². The van der Waals surface area contributed by atoms with Gasteiger partial charge in [-0.2, -0.15) is 0 Å². The minimum atomic E-state index is -0.445. The molecule has 2 nitrogen and oxygen atoms in total. The van der Waals surface area contributed by atoms with Gasteiger partial charge in [-0.05, 0) is 95.6 Å². The minimum absolute atomic E-state index is 0.291. The van der Waals surface area contributed by atoms with Crippen molar-refractivity contribution in [1.82, 2.24) is 0 Å². The molecule has 290 valence electrons. The number of amidine groups is 1. The Hall–Kier alpha value is -7.94. The predicted molar refractivity (Wildman–Crippen MR) is 257 cm³/mol. The summed E-state index contributed by atoms with van der Waals surface area (Å²) in [5, 5.41) is 0. The molecule has 0 radical (unpaired) electrons. The molecule has 3 aliphatic rings. The van der Waals surface area contributed by atoms with Crippen LogP contribution in [0.15, 0.2) is 247 Å². The fourth-order valence-electron chi connectivity index (χ4n) is 10.3. The third-order valence-corrected chi connectivity index (χ3v) is 13.2. The quantitative estimate of drug-likeness (QED) is 0.160. The number of fused-ring (bicyclic) bond motifs is 10. The molecule has 2 heteroatoms. The van der Waals surface area contributed by atoms with Crippen LogP contribution in [-0.4, -0.2) is 11.5 Å². The third kappa shape index (κ3) is 5.50. The first-order valence-electron chi connectivity index (χ1n) is 21.4. The first-order valence-corrected chi connectivity index (χ1v) is 21.4. The van der Waals surface area contributed by atoms with E-state index < -0.39 is 5.41 Å². The Balaban J connectivity index is 1.05. The van der Waals surface area contributed by atoms with Crippen molar-refractivity contribution in [3.05, 3.63) is 276 Å². The van der Waals surface area contributed by atoms with Gasteiger partial charge in [0.25, 0.3) is 0 Å². The molecule has 62 heavy (non-hydrogen) atoms. The van der Waals surface area contributed by atoms with Crippen molar-refractivity contribution in [3.63, 3.8) is 0 Å². The standard InChI is InChI=1S/C60H40N2/c1-39-57(44-19-7-3-8-20-44)61-59(46-21-9-4-10-22-46)62-58(39)45-35-33-43(34-36-45)51-38-56-52(37-50(51)42-31-29-41(30-32-42)40-17-5-2-6-18-40)49-25-13-16-28-55(49)60(56)53-26-14-11-23-47(53)48-24-12-15-27-54(48)60/h2-38,58H,1H2. The zero-order valence-corrected chi connectivity index (χ0v) is 34.0. The van der Waals surface area contributed by atoms with E-state index in [1.165, 1.54) is 72.3 Å². The van der Waals surface area contributed by atoms with E-state index in [0.29, 0.717) is 5.84 Å². The van der Waals surface area contributed by atoms with E-state index in [0.717, 1.165) is 33.5 Å². The number of nitrogens with zero attached hydrogens (tertiary/aromatic N) is 2. The van der Waals surface area contributed by atoms with Gasteiger partial charge < -0.3 is 0 Å². The lowest BCUT2D eigenvalue weighted by atomic mass is 9.70. The van der Waals surface area contributed by atoms with Crippen molar-refractivity contribution < 1.29 is 0 Å². The summed E-state index contributed by atoms with van der Waals surface area (Å²) in [6.45, 7) is 4.62. The molecule has 9 aromatic carbocycles. The van der Waals surface area contributed by atoms with Crippen molar-refractivity contribution in [2.24, 2.45) is 9.98 Å². The van der Waals surface area contributed by atoms with Crippen LogP contribution in [0.2, 0.25) is 0 Å². The maximum atomic E-state index is 5.27. The van der Waals surface area contributed by atoms with E-state index >= 15 is 0 Å². The second-order valence-electron chi connectivity index (χ2n) is 16.5. The molecule has 9 aromatic rings. The van der Waals surface area contributed by atoms with Gasteiger partial charge in [0.2, 0.25) is 0 Å². The Morgan fingerprint density at radius 3 is 1.32 bits per heavy atom. The first-order chi connectivity index (χ1) is 30.7. The summed E-state index contributed by atoms with van der Waals surface area (Å²) in [5.74, 6) is 0.716. The van der Waals surface area contributed by atoms with E-state index in [2.05, 4.69) is 207 Å². The fourth-order valence-corrected chi connectivity index (χ4v) is 10.3. The SMILES string of the molecule is C=C1C(c2ccccc2)=NC(c2ccccc2)=NC1c1ccc(-c2cc3c(cc2-c2ccc(-c4ccccc4)cc2)-c2ccccc2C32c3ccccc3-c3ccccc32)cc1. The second kappa shape index (κ2) is 14.4. The number of benzene rings is 9. The van der Waals surface area contributed by atoms with Crippen LogP contribution in [0.3, 0.4) is 0 Å². The topological polar surface area (TPSA) is 24.7 Å². The smallest absolute Gasteiger partial charge is 0.156 e. The molecule has 1 atom stereocenters. The molecule has 0 amide bonds. The van der Waals surface area contributed by atoms with Crippen molar-refractivity contribution in [1.29, 1.82) is 0 Å². The molecule has 0 saturated carbocycles. The molecule has 0 saturated heterocycles. The first kappa shape index (κ1) is 36.0. The summed E-state index contributed by atoms with van der Waals surface area (Å²) < 4.78 is 0. The molecule has 0 bridgehead atoms. The van der Waals surface area contributed by atoms with Crippen LogP contribution in [0, 0.1) is 0 Å². The van der Waals surface area contributed by atoms with Crippen LogP contribution >= 0.6 is 0 Å². The molecular weight excluding hydrogens is 749 g/mol. The van der Waals surface area contributed by atoms with E-state index in [-0.39, 0.29) is 6.04 Å². The Labute approximate surface area is 362 Å². The predicted octanol–water partition coefficient (Wildman–Crippen LogP) is 14.6. The monoisotopic (exact) mass is 788 g/mol. The fraction of sp³-hybridized carbons (Fsp3) is 0.0333. The summed E-state index contributed by atoms with van der Waals surface area (Å²) in [6, 6.07) is 81.1. The second-order valence-corrected chi connectivity index (χ2v) is 16.5. The molecule has 2 aliphatic carbocycles. The van der Waals surface area contributed by atoms with Crippen LogP contribution in [0.1, 0.15) is 45.0 Å². The van der Waals surface area contributed by atoms with Gasteiger partial charge in [0.05, 0.1) is 11.1 Å². The Morgan fingerprint density at radius 2 is 0.758 bits per heavy atom. The lowest BCUT2D eigenvalue weighted by molar-refractivity contribution is 0.794. The summed E-state index contributed by atoms with van der Waals surface area (Å²) in [7, 11) is 0. The highest BCUT2D eigenvalue weighted by molar-refractivity contribution is 6.21. The number of aliphatic imine (C=N–C) groups is 2. The summed E-state index contributed by atoms with van der Waals surface area (Å²) >= 11 is 0. The summed E-state index contributed by atoms with van der Waals surface area (Å²) in [5.41, 5.74) is 22.1. The zero-order chi connectivity index (χ0) is 41.2. The molecule has 12 rings (SSSR count). The van der Waals surface area contributed by atoms with Gasteiger partial charge >= 0.3 is 0 Å². The molecule has 0 aromatic heterocycles. The highest BCUT2D eigenvalue weighted by Gasteiger charge is 2.51. The van der Waals surface area contributed by atoms with Gasteiger partial charge in [0.1, 0.15) is 6.04 Å².